The van der Waals surface area contributed by atoms with Crippen molar-refractivity contribution in [1.82, 2.24) is 15.1 Å². The summed E-state index contributed by atoms with van der Waals surface area (Å²) in [5, 5.41) is 1.97. The summed E-state index contributed by atoms with van der Waals surface area (Å²) < 4.78 is 0. The number of hydrogen-bond donors (Lipinski definition) is 1. The number of rotatable bonds is 3. The molecule has 2 saturated heterocycles. The minimum Gasteiger partial charge on any atom is -0.304 e. The second kappa shape index (κ2) is 6.64. The van der Waals surface area contributed by atoms with Gasteiger partial charge in [0.15, 0.2) is 0 Å². The van der Waals surface area contributed by atoms with E-state index in [1.54, 1.807) is 6.08 Å². The van der Waals surface area contributed by atoms with E-state index < -0.39 is 0 Å². The molecule has 2 aliphatic rings. The number of benzene rings is 1. The Morgan fingerprint density at radius 3 is 2.68 bits per heavy atom. The van der Waals surface area contributed by atoms with Gasteiger partial charge in [0, 0.05) is 32.7 Å². The first-order valence-corrected chi connectivity index (χ1v) is 8.16. The Morgan fingerprint density at radius 2 is 2.00 bits per heavy atom. The maximum atomic E-state index is 11.6. The normalized spacial score (nSPS) is 22.3. The van der Waals surface area contributed by atoms with Crippen LogP contribution in [0, 0.1) is 0 Å². The number of piperazine rings is 1. The molecule has 0 bridgehead atoms. The number of carbonyl (C=O) groups excluding carboxylic acids is 2. The molecule has 0 aromatic heterocycles. The number of nitrogens with zero attached hydrogens (tertiary/aromatic N) is 2. The van der Waals surface area contributed by atoms with Gasteiger partial charge in [0.25, 0.3) is 11.1 Å². The van der Waals surface area contributed by atoms with Crippen molar-refractivity contribution in [2.75, 3.05) is 33.2 Å². The van der Waals surface area contributed by atoms with E-state index >= 15 is 0 Å². The third-order valence-electron chi connectivity index (χ3n) is 3.89. The van der Waals surface area contributed by atoms with Crippen LogP contribution in [0.5, 0.6) is 0 Å². The number of hydrogen-bond acceptors (Lipinski definition) is 5. The third kappa shape index (κ3) is 3.76. The average Bonchev–Trinajstić information content (AvgIpc) is 2.80. The molecule has 2 heterocycles. The van der Waals surface area contributed by atoms with Crippen molar-refractivity contribution >= 4 is 29.0 Å². The van der Waals surface area contributed by atoms with E-state index in [0.29, 0.717) is 4.91 Å². The second-order valence-corrected chi connectivity index (χ2v) is 6.69. The molecule has 6 heteroatoms. The molecule has 1 aromatic rings. The molecule has 1 N–H and O–H groups in total. The van der Waals surface area contributed by atoms with Crippen LogP contribution in [-0.2, 0) is 11.3 Å². The number of imide groups is 1. The molecule has 22 heavy (non-hydrogen) atoms. The van der Waals surface area contributed by atoms with Gasteiger partial charge in [-0.1, -0.05) is 24.3 Å². The topological polar surface area (TPSA) is 52.6 Å². The summed E-state index contributed by atoms with van der Waals surface area (Å²) in [6.07, 6.45) is 1.78. The fourth-order valence-electron chi connectivity index (χ4n) is 2.62. The molecule has 5 nitrogen and oxygen atoms in total. The minimum absolute atomic E-state index is 0.301. The van der Waals surface area contributed by atoms with Gasteiger partial charge in [0.2, 0.25) is 0 Å². The Balaban J connectivity index is 1.69. The van der Waals surface area contributed by atoms with Crippen LogP contribution in [0.1, 0.15) is 11.1 Å². The van der Waals surface area contributed by atoms with Crippen molar-refractivity contribution in [3.63, 3.8) is 0 Å². The lowest BCUT2D eigenvalue weighted by Gasteiger charge is -2.32. The van der Waals surface area contributed by atoms with E-state index in [1.807, 2.05) is 12.1 Å². The van der Waals surface area contributed by atoms with Gasteiger partial charge in [-0.25, -0.2) is 0 Å². The number of nitrogens with one attached hydrogen (secondary N) is 1. The Morgan fingerprint density at radius 1 is 1.23 bits per heavy atom. The monoisotopic (exact) mass is 317 g/mol. The predicted molar refractivity (Wildman–Crippen MR) is 88.3 cm³/mol. The molecule has 1 aromatic carbocycles. The Hall–Kier alpha value is -1.63. The summed E-state index contributed by atoms with van der Waals surface area (Å²) in [5.41, 5.74) is 2.19. The van der Waals surface area contributed by atoms with Crippen LogP contribution >= 0.6 is 11.8 Å². The zero-order valence-electron chi connectivity index (χ0n) is 12.5. The van der Waals surface area contributed by atoms with Crippen molar-refractivity contribution in [2.45, 2.75) is 6.54 Å². The quantitative estimate of drug-likeness (QED) is 0.861. The lowest BCUT2D eigenvalue weighted by molar-refractivity contribution is -0.115. The highest BCUT2D eigenvalue weighted by atomic mass is 32.2. The van der Waals surface area contributed by atoms with Crippen LogP contribution in [-0.4, -0.2) is 54.2 Å². The van der Waals surface area contributed by atoms with Crippen molar-refractivity contribution in [3.8, 4) is 0 Å². The van der Waals surface area contributed by atoms with Gasteiger partial charge in [-0.15, -0.1) is 0 Å². The lowest BCUT2D eigenvalue weighted by Crippen LogP contribution is -2.43. The molecule has 0 radical (unpaired) electrons. The predicted octanol–water partition coefficient (Wildman–Crippen LogP) is 1.76. The Labute approximate surface area is 134 Å². The van der Waals surface area contributed by atoms with Crippen LogP contribution in [0.4, 0.5) is 4.79 Å². The van der Waals surface area contributed by atoms with Crippen LogP contribution in [0.3, 0.4) is 0 Å². The van der Waals surface area contributed by atoms with Gasteiger partial charge in [0.1, 0.15) is 0 Å². The Kier molecular flexibility index (Phi) is 4.61. The molecule has 116 valence electrons. The molecule has 2 fully saturated rings. The summed E-state index contributed by atoms with van der Waals surface area (Å²) in [6, 6.07) is 8.14. The second-order valence-electron chi connectivity index (χ2n) is 5.68. The van der Waals surface area contributed by atoms with E-state index in [9.17, 15) is 9.59 Å². The van der Waals surface area contributed by atoms with Crippen LogP contribution in [0.2, 0.25) is 0 Å². The van der Waals surface area contributed by atoms with Crippen LogP contribution in [0.25, 0.3) is 6.08 Å². The van der Waals surface area contributed by atoms with Gasteiger partial charge >= 0.3 is 0 Å². The highest BCUT2D eigenvalue weighted by Crippen LogP contribution is 2.25. The average molecular weight is 317 g/mol. The molecule has 0 spiro atoms. The fraction of sp³-hybridized carbons (Fsp3) is 0.375. The van der Waals surface area contributed by atoms with Gasteiger partial charge < -0.3 is 4.90 Å². The molecule has 2 aliphatic heterocycles. The molecule has 0 unspecified atom stereocenters. The first kappa shape index (κ1) is 15.3. The number of amides is 2. The van der Waals surface area contributed by atoms with E-state index in [4.69, 9.17) is 0 Å². The van der Waals surface area contributed by atoms with Crippen LogP contribution in [0.15, 0.2) is 29.2 Å². The number of thioether (sulfide) groups is 1. The smallest absolute Gasteiger partial charge is 0.290 e. The molecule has 0 atom stereocenters. The van der Waals surface area contributed by atoms with Crippen molar-refractivity contribution in [1.29, 1.82) is 0 Å². The largest absolute Gasteiger partial charge is 0.304 e. The third-order valence-corrected chi connectivity index (χ3v) is 4.70. The van der Waals surface area contributed by atoms with E-state index in [-0.39, 0.29) is 11.1 Å². The van der Waals surface area contributed by atoms with Crippen LogP contribution < -0.4 is 5.32 Å². The Bertz CT molecular complexity index is 622. The maximum absolute atomic E-state index is 11.6. The van der Waals surface area contributed by atoms with Gasteiger partial charge in [-0.05, 0) is 36.0 Å². The van der Waals surface area contributed by atoms with E-state index in [0.717, 1.165) is 50.0 Å². The number of likely N-dealkylation sites (N-methyl/N-ethyl adjacent to an activating group) is 1. The molecule has 2 amide bonds. The molecule has 0 saturated carbocycles. The molecular formula is C16H19N3O2S. The molecule has 0 aliphatic carbocycles. The number of carbonyl (C=O) groups is 2. The van der Waals surface area contributed by atoms with Crippen molar-refractivity contribution < 1.29 is 9.59 Å². The highest BCUT2D eigenvalue weighted by molar-refractivity contribution is 8.18. The fourth-order valence-corrected chi connectivity index (χ4v) is 3.30. The van der Waals surface area contributed by atoms with Gasteiger partial charge in [0.05, 0.1) is 4.91 Å². The zero-order valence-corrected chi connectivity index (χ0v) is 13.4. The zero-order chi connectivity index (χ0) is 15.5. The minimum atomic E-state index is -0.306. The summed E-state index contributed by atoms with van der Waals surface area (Å²) in [4.78, 5) is 28.0. The van der Waals surface area contributed by atoms with Gasteiger partial charge in [-0.3, -0.25) is 19.8 Å². The summed E-state index contributed by atoms with van der Waals surface area (Å²) in [5.74, 6) is -0.306. The first-order chi connectivity index (χ1) is 10.6. The van der Waals surface area contributed by atoms with Crippen molar-refractivity contribution in [3.05, 3.63) is 40.3 Å². The summed E-state index contributed by atoms with van der Waals surface area (Å²) in [7, 11) is 2.15. The summed E-state index contributed by atoms with van der Waals surface area (Å²) >= 11 is 0.956. The van der Waals surface area contributed by atoms with Crippen molar-refractivity contribution in [2.24, 2.45) is 0 Å². The van der Waals surface area contributed by atoms with Gasteiger partial charge in [-0.2, -0.15) is 0 Å². The molecular weight excluding hydrogens is 298 g/mol. The molecule has 3 rings (SSSR count). The highest BCUT2D eigenvalue weighted by Gasteiger charge is 2.24. The van der Waals surface area contributed by atoms with E-state index in [2.05, 4.69) is 34.3 Å². The lowest BCUT2D eigenvalue weighted by atomic mass is 10.1. The SMILES string of the molecule is CN1CCN(Cc2cccc(C=C3SC(=O)NC3=O)c2)CC1. The van der Waals surface area contributed by atoms with E-state index in [1.165, 1.54) is 5.56 Å². The maximum Gasteiger partial charge on any atom is 0.290 e. The standard InChI is InChI=1S/C16H19N3O2S/c1-18-5-7-19(8-6-18)11-13-4-2-3-12(9-13)10-14-15(20)17-16(21)22-14/h2-4,9-10H,5-8,11H2,1H3,(H,17,20,21). The first-order valence-electron chi connectivity index (χ1n) is 7.35. The summed E-state index contributed by atoms with van der Waals surface area (Å²) in [6.45, 7) is 5.28.